The molecule has 0 saturated carbocycles. The summed E-state index contributed by atoms with van der Waals surface area (Å²) >= 11 is 0. The summed E-state index contributed by atoms with van der Waals surface area (Å²) < 4.78 is 0. The zero-order valence-corrected chi connectivity index (χ0v) is 13.0. The first-order valence-corrected chi connectivity index (χ1v) is 7.49. The maximum atomic E-state index is 12.6. The highest BCUT2D eigenvalue weighted by atomic mass is 16.2. The minimum atomic E-state index is -0.262. The Bertz CT molecular complexity index is 768. The van der Waals surface area contributed by atoms with Gasteiger partial charge in [-0.05, 0) is 41.8 Å². The van der Waals surface area contributed by atoms with Crippen molar-refractivity contribution >= 4 is 23.2 Å². The summed E-state index contributed by atoms with van der Waals surface area (Å²) in [7, 11) is 1.79. The molecule has 0 radical (unpaired) electrons. The Kier molecular flexibility index (Phi) is 3.98. The number of likely N-dealkylation sites (N-methyl/N-ethyl adjacent to an activating group) is 1. The quantitative estimate of drug-likeness (QED) is 0.882. The lowest BCUT2D eigenvalue weighted by molar-refractivity contribution is -0.119. The topological polar surface area (TPSA) is 49.4 Å². The van der Waals surface area contributed by atoms with Crippen molar-refractivity contribution in [2.45, 2.75) is 12.3 Å². The van der Waals surface area contributed by atoms with Gasteiger partial charge in [0.1, 0.15) is 0 Å². The van der Waals surface area contributed by atoms with Gasteiger partial charge in [0.25, 0.3) is 0 Å². The van der Waals surface area contributed by atoms with Crippen molar-refractivity contribution in [3.8, 4) is 0 Å². The molecule has 1 N–H and O–H groups in total. The summed E-state index contributed by atoms with van der Waals surface area (Å²) in [4.78, 5) is 25.7. The Balaban J connectivity index is 1.94. The fourth-order valence-corrected chi connectivity index (χ4v) is 2.94. The van der Waals surface area contributed by atoms with E-state index in [1.807, 2.05) is 42.5 Å². The van der Waals surface area contributed by atoms with E-state index < -0.39 is 0 Å². The zero-order valence-electron chi connectivity index (χ0n) is 13.0. The predicted molar refractivity (Wildman–Crippen MR) is 91.6 cm³/mol. The van der Waals surface area contributed by atoms with Crippen molar-refractivity contribution in [2.75, 3.05) is 17.3 Å². The molecule has 1 aliphatic rings. The van der Waals surface area contributed by atoms with Crippen LogP contribution >= 0.6 is 0 Å². The van der Waals surface area contributed by atoms with Gasteiger partial charge < -0.3 is 10.2 Å². The first-order valence-electron chi connectivity index (χ1n) is 7.49. The van der Waals surface area contributed by atoms with Crippen molar-refractivity contribution in [1.29, 1.82) is 0 Å². The van der Waals surface area contributed by atoms with Crippen molar-refractivity contribution in [1.82, 2.24) is 0 Å². The van der Waals surface area contributed by atoms with Crippen LogP contribution in [0.3, 0.4) is 0 Å². The molecule has 0 bridgehead atoms. The Labute approximate surface area is 135 Å². The van der Waals surface area contributed by atoms with Crippen LogP contribution in [0, 0.1) is 0 Å². The Morgan fingerprint density at radius 3 is 2.70 bits per heavy atom. The summed E-state index contributed by atoms with van der Waals surface area (Å²) in [6, 6.07) is 15.5. The van der Waals surface area contributed by atoms with Gasteiger partial charge in [-0.1, -0.05) is 36.9 Å². The number of nitrogens with zero attached hydrogens (tertiary/aromatic N) is 1. The Morgan fingerprint density at radius 2 is 2.00 bits per heavy atom. The first kappa shape index (κ1) is 15.0. The van der Waals surface area contributed by atoms with E-state index in [4.69, 9.17) is 0 Å². The molecule has 0 saturated heterocycles. The van der Waals surface area contributed by atoms with E-state index in [-0.39, 0.29) is 17.7 Å². The third-order valence-corrected chi connectivity index (χ3v) is 4.13. The van der Waals surface area contributed by atoms with Gasteiger partial charge in [-0.3, -0.25) is 9.59 Å². The Morgan fingerprint density at radius 1 is 1.26 bits per heavy atom. The molecule has 0 aromatic heterocycles. The SMILES string of the molecule is C=CC(=O)Nc1ccc2c(c1)C(Cc1ccccc1)C(=O)N2C. The molecule has 1 aliphatic heterocycles. The van der Waals surface area contributed by atoms with Gasteiger partial charge in [0.05, 0.1) is 5.92 Å². The fraction of sp³-hybridized carbons (Fsp3) is 0.158. The average Bonchev–Trinajstić information content (AvgIpc) is 2.80. The lowest BCUT2D eigenvalue weighted by Crippen LogP contribution is -2.24. The molecule has 3 rings (SSSR count). The van der Waals surface area contributed by atoms with Crippen LogP contribution in [0.2, 0.25) is 0 Å². The highest BCUT2D eigenvalue weighted by Gasteiger charge is 2.35. The van der Waals surface area contributed by atoms with Crippen molar-refractivity contribution < 1.29 is 9.59 Å². The van der Waals surface area contributed by atoms with Gasteiger partial charge in [-0.15, -0.1) is 0 Å². The minimum absolute atomic E-state index is 0.0797. The smallest absolute Gasteiger partial charge is 0.247 e. The van der Waals surface area contributed by atoms with E-state index in [0.717, 1.165) is 16.8 Å². The van der Waals surface area contributed by atoms with Crippen LogP contribution in [0.4, 0.5) is 11.4 Å². The van der Waals surface area contributed by atoms with E-state index in [2.05, 4.69) is 11.9 Å². The number of anilines is 2. The van der Waals surface area contributed by atoms with Crippen LogP contribution in [-0.4, -0.2) is 18.9 Å². The number of rotatable bonds is 4. The second kappa shape index (κ2) is 6.08. The third kappa shape index (κ3) is 2.88. The summed E-state index contributed by atoms with van der Waals surface area (Å²) in [6.07, 6.45) is 1.88. The number of benzene rings is 2. The largest absolute Gasteiger partial charge is 0.323 e. The van der Waals surface area contributed by atoms with Gasteiger partial charge in [0.2, 0.25) is 11.8 Å². The summed E-state index contributed by atoms with van der Waals surface area (Å²) in [6.45, 7) is 3.45. The molecular formula is C19H18N2O2. The lowest BCUT2D eigenvalue weighted by atomic mass is 9.93. The molecule has 2 aromatic carbocycles. The number of hydrogen-bond acceptors (Lipinski definition) is 2. The molecule has 23 heavy (non-hydrogen) atoms. The second-order valence-corrected chi connectivity index (χ2v) is 5.61. The highest BCUT2D eigenvalue weighted by Crippen LogP contribution is 2.39. The molecule has 4 nitrogen and oxygen atoms in total. The number of carbonyl (C=O) groups is 2. The monoisotopic (exact) mass is 306 g/mol. The highest BCUT2D eigenvalue weighted by molar-refractivity contribution is 6.06. The fourth-order valence-electron chi connectivity index (χ4n) is 2.94. The standard InChI is InChI=1S/C19H18N2O2/c1-3-18(22)20-14-9-10-17-15(12-14)16(19(23)21(17)2)11-13-7-5-4-6-8-13/h3-10,12,16H,1,11H2,2H3,(H,20,22). The number of fused-ring (bicyclic) bond motifs is 1. The van der Waals surface area contributed by atoms with Crippen LogP contribution in [-0.2, 0) is 16.0 Å². The van der Waals surface area contributed by atoms with Gasteiger partial charge in [0.15, 0.2) is 0 Å². The molecule has 1 heterocycles. The third-order valence-electron chi connectivity index (χ3n) is 4.13. The molecule has 4 heteroatoms. The second-order valence-electron chi connectivity index (χ2n) is 5.61. The van der Waals surface area contributed by atoms with E-state index in [9.17, 15) is 9.59 Å². The molecule has 0 spiro atoms. The number of carbonyl (C=O) groups excluding carboxylic acids is 2. The lowest BCUT2D eigenvalue weighted by Gasteiger charge is -2.11. The van der Waals surface area contributed by atoms with Crippen LogP contribution in [0.1, 0.15) is 17.0 Å². The zero-order chi connectivity index (χ0) is 16.4. The van der Waals surface area contributed by atoms with Gasteiger partial charge in [0, 0.05) is 18.4 Å². The van der Waals surface area contributed by atoms with Crippen molar-refractivity contribution in [2.24, 2.45) is 0 Å². The molecule has 0 fully saturated rings. The summed E-state index contributed by atoms with van der Waals surface area (Å²) in [5.74, 6) is -0.406. The van der Waals surface area contributed by atoms with E-state index in [0.29, 0.717) is 12.1 Å². The normalized spacial score (nSPS) is 16.1. The minimum Gasteiger partial charge on any atom is -0.323 e. The molecule has 1 atom stereocenters. The number of amides is 2. The van der Waals surface area contributed by atoms with Gasteiger partial charge in [-0.25, -0.2) is 0 Å². The molecule has 116 valence electrons. The molecule has 2 amide bonds. The van der Waals surface area contributed by atoms with Crippen LogP contribution in [0.5, 0.6) is 0 Å². The molecular weight excluding hydrogens is 288 g/mol. The van der Waals surface area contributed by atoms with E-state index in [1.165, 1.54) is 6.08 Å². The van der Waals surface area contributed by atoms with Gasteiger partial charge in [-0.2, -0.15) is 0 Å². The number of hydrogen-bond donors (Lipinski definition) is 1. The Hall–Kier alpha value is -2.88. The van der Waals surface area contributed by atoms with Crippen molar-refractivity contribution in [3.05, 3.63) is 72.3 Å². The van der Waals surface area contributed by atoms with Crippen LogP contribution in [0.15, 0.2) is 61.2 Å². The van der Waals surface area contributed by atoms with E-state index >= 15 is 0 Å². The molecule has 2 aromatic rings. The van der Waals surface area contributed by atoms with Gasteiger partial charge >= 0.3 is 0 Å². The van der Waals surface area contributed by atoms with E-state index in [1.54, 1.807) is 18.0 Å². The predicted octanol–water partition coefficient (Wildman–Crippen LogP) is 3.11. The van der Waals surface area contributed by atoms with Crippen molar-refractivity contribution in [3.63, 3.8) is 0 Å². The maximum absolute atomic E-state index is 12.6. The average molecular weight is 306 g/mol. The number of nitrogens with one attached hydrogen (secondary N) is 1. The first-order chi connectivity index (χ1) is 11.1. The molecule has 0 aliphatic carbocycles. The summed E-state index contributed by atoms with van der Waals surface area (Å²) in [5, 5.41) is 2.75. The summed E-state index contributed by atoms with van der Waals surface area (Å²) in [5.41, 5.74) is 3.64. The maximum Gasteiger partial charge on any atom is 0.247 e. The molecule has 1 unspecified atom stereocenters. The van der Waals surface area contributed by atoms with Crippen LogP contribution in [0.25, 0.3) is 0 Å². The van der Waals surface area contributed by atoms with Crippen LogP contribution < -0.4 is 10.2 Å².